The Morgan fingerprint density at radius 3 is 2.63 bits per heavy atom. The molecule has 1 aliphatic carbocycles. The highest BCUT2D eigenvalue weighted by Crippen LogP contribution is 2.25. The van der Waals surface area contributed by atoms with Gasteiger partial charge in [-0.3, -0.25) is 19.9 Å². The summed E-state index contributed by atoms with van der Waals surface area (Å²) in [5.41, 5.74) is 6.68. The van der Waals surface area contributed by atoms with E-state index in [1.54, 1.807) is 24.3 Å². The molecule has 1 amide bonds. The lowest BCUT2D eigenvalue weighted by molar-refractivity contribution is -0.139. The van der Waals surface area contributed by atoms with Crippen molar-refractivity contribution < 1.29 is 19.1 Å². The number of benzene rings is 1. The van der Waals surface area contributed by atoms with Gasteiger partial charge in [0.25, 0.3) is 5.91 Å². The summed E-state index contributed by atoms with van der Waals surface area (Å²) in [6, 6.07) is 7.10. The first-order chi connectivity index (χ1) is 14.4. The Labute approximate surface area is 175 Å². The lowest BCUT2D eigenvalue weighted by atomic mass is 9.90. The first kappa shape index (κ1) is 21.8. The zero-order valence-electron chi connectivity index (χ0n) is 17.3. The maximum absolute atomic E-state index is 12.6. The van der Waals surface area contributed by atoms with Crippen molar-refractivity contribution >= 4 is 28.7 Å². The van der Waals surface area contributed by atoms with Crippen molar-refractivity contribution in [3.8, 4) is 0 Å². The number of nitrogens with one attached hydrogen (secondary N) is 2. The van der Waals surface area contributed by atoms with Gasteiger partial charge in [-0.25, -0.2) is 0 Å². The molecule has 30 heavy (non-hydrogen) atoms. The molecule has 8 nitrogen and oxygen atoms in total. The molecule has 2 aromatic rings. The molecule has 1 aromatic heterocycles. The van der Waals surface area contributed by atoms with Crippen LogP contribution >= 0.6 is 0 Å². The molecule has 162 valence electrons. The van der Waals surface area contributed by atoms with Gasteiger partial charge in [-0.05, 0) is 62.9 Å². The Morgan fingerprint density at radius 2 is 2.00 bits per heavy atom. The number of hydrogen-bond donors (Lipinski definition) is 4. The SMILES string of the molecule is CCCCN(CC(=O)O)C1CCC(NC(=O)c2cc3cc(C(=N)N)ccc3o2)CC1. The first-order valence-corrected chi connectivity index (χ1v) is 10.5. The summed E-state index contributed by atoms with van der Waals surface area (Å²) in [7, 11) is 0. The molecule has 0 atom stereocenters. The molecular formula is C22H30N4O4. The zero-order chi connectivity index (χ0) is 21.7. The third-order valence-corrected chi connectivity index (χ3v) is 5.74. The van der Waals surface area contributed by atoms with Gasteiger partial charge >= 0.3 is 5.97 Å². The monoisotopic (exact) mass is 414 g/mol. The number of unbranched alkanes of at least 4 members (excludes halogenated alkanes) is 1. The molecule has 0 spiro atoms. The highest BCUT2D eigenvalue weighted by Gasteiger charge is 2.28. The number of aliphatic carboxylic acids is 1. The van der Waals surface area contributed by atoms with Gasteiger partial charge < -0.3 is 20.6 Å². The van der Waals surface area contributed by atoms with E-state index in [9.17, 15) is 14.7 Å². The number of furan rings is 1. The molecule has 0 saturated heterocycles. The molecule has 0 radical (unpaired) electrons. The van der Waals surface area contributed by atoms with Crippen molar-refractivity contribution in [1.29, 1.82) is 5.41 Å². The van der Waals surface area contributed by atoms with Gasteiger partial charge in [0.05, 0.1) is 6.54 Å². The summed E-state index contributed by atoms with van der Waals surface area (Å²) in [5.74, 6) is -0.841. The van der Waals surface area contributed by atoms with Gasteiger partial charge in [-0.2, -0.15) is 0 Å². The van der Waals surface area contributed by atoms with Crippen molar-refractivity contribution in [3.63, 3.8) is 0 Å². The van der Waals surface area contributed by atoms with Gasteiger partial charge in [-0.1, -0.05) is 13.3 Å². The Morgan fingerprint density at radius 1 is 1.27 bits per heavy atom. The second-order valence-corrected chi connectivity index (χ2v) is 7.97. The topological polar surface area (TPSA) is 133 Å². The van der Waals surface area contributed by atoms with Gasteiger partial charge in [-0.15, -0.1) is 0 Å². The number of nitrogens with two attached hydrogens (primary N) is 1. The Balaban J connectivity index is 1.57. The normalized spacial score (nSPS) is 19.1. The summed E-state index contributed by atoms with van der Waals surface area (Å²) >= 11 is 0. The number of fused-ring (bicyclic) bond motifs is 1. The predicted molar refractivity (Wildman–Crippen MR) is 115 cm³/mol. The van der Waals surface area contributed by atoms with E-state index in [1.165, 1.54) is 0 Å². The van der Waals surface area contributed by atoms with Gasteiger partial charge in [0.15, 0.2) is 5.76 Å². The summed E-state index contributed by atoms with van der Waals surface area (Å²) in [6.07, 6.45) is 5.38. The number of amides is 1. The summed E-state index contributed by atoms with van der Waals surface area (Å²) in [6.45, 7) is 2.97. The van der Waals surface area contributed by atoms with Crippen molar-refractivity contribution in [2.24, 2.45) is 5.73 Å². The number of carbonyl (C=O) groups is 2. The van der Waals surface area contributed by atoms with E-state index in [4.69, 9.17) is 15.6 Å². The van der Waals surface area contributed by atoms with Crippen LogP contribution in [0.25, 0.3) is 11.0 Å². The Hall–Kier alpha value is -2.87. The third-order valence-electron chi connectivity index (χ3n) is 5.74. The number of hydrogen-bond acceptors (Lipinski definition) is 5. The smallest absolute Gasteiger partial charge is 0.317 e. The van der Waals surface area contributed by atoms with Crippen LogP contribution in [0.5, 0.6) is 0 Å². The van der Waals surface area contributed by atoms with Crippen LogP contribution in [0.2, 0.25) is 0 Å². The molecule has 1 heterocycles. The van der Waals surface area contributed by atoms with Gasteiger partial charge in [0, 0.05) is 23.0 Å². The van der Waals surface area contributed by atoms with E-state index in [2.05, 4.69) is 17.1 Å². The predicted octanol–water partition coefficient (Wildman–Crippen LogP) is 2.94. The quantitative estimate of drug-likeness (QED) is 0.368. The second kappa shape index (κ2) is 9.75. The molecule has 5 N–H and O–H groups in total. The second-order valence-electron chi connectivity index (χ2n) is 7.97. The van der Waals surface area contributed by atoms with E-state index in [0.29, 0.717) is 11.1 Å². The highest BCUT2D eigenvalue weighted by atomic mass is 16.4. The van der Waals surface area contributed by atoms with E-state index in [-0.39, 0.29) is 36.1 Å². The summed E-state index contributed by atoms with van der Waals surface area (Å²) in [5, 5.41) is 20.5. The molecule has 1 aliphatic rings. The van der Waals surface area contributed by atoms with Crippen LogP contribution in [0.3, 0.4) is 0 Å². The molecule has 8 heteroatoms. The Bertz CT molecular complexity index is 915. The minimum absolute atomic E-state index is 0.0308. The lowest BCUT2D eigenvalue weighted by Crippen LogP contribution is -2.45. The standard InChI is InChI=1S/C22H30N4O4/c1-2-3-10-26(13-20(27)28)17-7-5-16(6-8-17)25-22(29)19-12-15-11-14(21(23)24)4-9-18(15)30-19/h4,9,11-12,16-17H,2-3,5-8,10,13H2,1H3,(H3,23,24)(H,25,29)(H,27,28). The van der Waals surface area contributed by atoms with E-state index in [1.807, 2.05) is 0 Å². The maximum atomic E-state index is 12.6. The molecule has 1 fully saturated rings. The number of carbonyl (C=O) groups excluding carboxylic acids is 1. The van der Waals surface area contributed by atoms with Crippen LogP contribution in [0.1, 0.15) is 61.6 Å². The van der Waals surface area contributed by atoms with Crippen molar-refractivity contribution in [2.45, 2.75) is 57.5 Å². The minimum atomic E-state index is -0.792. The molecule has 0 unspecified atom stereocenters. The van der Waals surface area contributed by atoms with Crippen LogP contribution in [0.15, 0.2) is 28.7 Å². The molecular weight excluding hydrogens is 384 g/mol. The van der Waals surface area contributed by atoms with E-state index >= 15 is 0 Å². The fourth-order valence-corrected chi connectivity index (χ4v) is 4.09. The van der Waals surface area contributed by atoms with Crippen LogP contribution in [0, 0.1) is 5.41 Å². The largest absolute Gasteiger partial charge is 0.480 e. The van der Waals surface area contributed by atoms with E-state index in [0.717, 1.165) is 50.5 Å². The molecule has 1 aromatic carbocycles. The average molecular weight is 415 g/mol. The van der Waals surface area contributed by atoms with Crippen molar-refractivity contribution in [1.82, 2.24) is 10.2 Å². The third kappa shape index (κ3) is 5.38. The van der Waals surface area contributed by atoms with Crippen molar-refractivity contribution in [2.75, 3.05) is 13.1 Å². The average Bonchev–Trinajstić information content (AvgIpc) is 3.15. The fraction of sp³-hybridized carbons (Fsp3) is 0.500. The van der Waals surface area contributed by atoms with Gasteiger partial charge in [0.2, 0.25) is 0 Å². The van der Waals surface area contributed by atoms with E-state index < -0.39 is 5.97 Å². The molecule has 0 bridgehead atoms. The maximum Gasteiger partial charge on any atom is 0.317 e. The van der Waals surface area contributed by atoms with Gasteiger partial charge in [0.1, 0.15) is 11.4 Å². The minimum Gasteiger partial charge on any atom is -0.480 e. The molecule has 0 aliphatic heterocycles. The molecule has 3 rings (SSSR count). The first-order valence-electron chi connectivity index (χ1n) is 10.5. The highest BCUT2D eigenvalue weighted by molar-refractivity contribution is 6.00. The molecule has 1 saturated carbocycles. The number of amidine groups is 1. The fourth-order valence-electron chi connectivity index (χ4n) is 4.09. The van der Waals surface area contributed by atoms with Crippen LogP contribution in [-0.4, -0.2) is 52.9 Å². The lowest BCUT2D eigenvalue weighted by Gasteiger charge is -2.36. The number of carboxylic acids is 1. The van der Waals surface area contributed by atoms with Crippen molar-refractivity contribution in [3.05, 3.63) is 35.6 Å². The Kier molecular flexibility index (Phi) is 7.10. The summed E-state index contributed by atoms with van der Waals surface area (Å²) < 4.78 is 5.66. The number of nitrogen functional groups attached to an aromatic ring is 1. The number of nitrogens with zero attached hydrogens (tertiary/aromatic N) is 1. The number of rotatable bonds is 9. The van der Waals surface area contributed by atoms with Crippen LogP contribution in [-0.2, 0) is 4.79 Å². The zero-order valence-corrected chi connectivity index (χ0v) is 17.3. The number of carboxylic acid groups (broad SMARTS) is 1. The van der Waals surface area contributed by atoms with Crippen LogP contribution in [0.4, 0.5) is 0 Å². The van der Waals surface area contributed by atoms with Crippen LogP contribution < -0.4 is 11.1 Å². The summed E-state index contributed by atoms with van der Waals surface area (Å²) in [4.78, 5) is 25.9.